The standard InChI is InChI=1S/C18H27N5O2/c1-14-11-15(2)23(21-14)16(3)12-20-18(24)22(9-10-25-4)13-17-5-7-19-8-6-17/h5-8,11,16H,9-10,12-13H2,1-4H3,(H,20,24)/t16-/m0/s1. The third-order valence-electron chi connectivity index (χ3n) is 3.99. The maximum atomic E-state index is 12.6. The number of nitrogens with zero attached hydrogens (tertiary/aromatic N) is 4. The minimum Gasteiger partial charge on any atom is -0.383 e. The number of aromatic nitrogens is 3. The summed E-state index contributed by atoms with van der Waals surface area (Å²) < 4.78 is 7.07. The molecule has 2 heterocycles. The molecule has 0 aliphatic heterocycles. The number of hydrogen-bond acceptors (Lipinski definition) is 4. The van der Waals surface area contributed by atoms with E-state index in [-0.39, 0.29) is 12.1 Å². The summed E-state index contributed by atoms with van der Waals surface area (Å²) in [5.41, 5.74) is 3.11. The molecule has 0 bridgehead atoms. The van der Waals surface area contributed by atoms with Gasteiger partial charge in [0.25, 0.3) is 0 Å². The van der Waals surface area contributed by atoms with E-state index in [0.717, 1.165) is 17.0 Å². The highest BCUT2D eigenvalue weighted by Crippen LogP contribution is 2.10. The fraction of sp³-hybridized carbons (Fsp3) is 0.500. The number of amides is 2. The van der Waals surface area contributed by atoms with Crippen molar-refractivity contribution in [2.24, 2.45) is 0 Å². The van der Waals surface area contributed by atoms with Crippen LogP contribution in [0.25, 0.3) is 0 Å². The fourth-order valence-electron chi connectivity index (χ4n) is 2.69. The first-order valence-electron chi connectivity index (χ1n) is 8.44. The zero-order valence-corrected chi connectivity index (χ0v) is 15.4. The summed E-state index contributed by atoms with van der Waals surface area (Å²) in [5.74, 6) is 0. The molecule has 1 atom stereocenters. The first-order valence-corrected chi connectivity index (χ1v) is 8.44. The Morgan fingerprint density at radius 3 is 2.68 bits per heavy atom. The Hall–Kier alpha value is -2.41. The summed E-state index contributed by atoms with van der Waals surface area (Å²) in [6, 6.07) is 5.83. The van der Waals surface area contributed by atoms with E-state index >= 15 is 0 Å². The van der Waals surface area contributed by atoms with E-state index in [4.69, 9.17) is 4.74 Å². The van der Waals surface area contributed by atoms with Gasteiger partial charge < -0.3 is 15.0 Å². The molecule has 0 saturated carbocycles. The lowest BCUT2D eigenvalue weighted by Gasteiger charge is -2.24. The van der Waals surface area contributed by atoms with Crippen LogP contribution in [0, 0.1) is 13.8 Å². The van der Waals surface area contributed by atoms with E-state index in [9.17, 15) is 4.79 Å². The van der Waals surface area contributed by atoms with Gasteiger partial charge in [-0.2, -0.15) is 5.10 Å². The summed E-state index contributed by atoms with van der Waals surface area (Å²) >= 11 is 0. The molecule has 2 amide bonds. The van der Waals surface area contributed by atoms with Crippen LogP contribution in [0.2, 0.25) is 0 Å². The number of pyridine rings is 1. The van der Waals surface area contributed by atoms with Crippen LogP contribution in [-0.2, 0) is 11.3 Å². The van der Waals surface area contributed by atoms with Gasteiger partial charge in [-0.15, -0.1) is 0 Å². The quantitative estimate of drug-likeness (QED) is 0.797. The van der Waals surface area contributed by atoms with Crippen molar-refractivity contribution >= 4 is 6.03 Å². The van der Waals surface area contributed by atoms with E-state index < -0.39 is 0 Å². The van der Waals surface area contributed by atoms with Gasteiger partial charge in [0.05, 0.1) is 18.3 Å². The molecule has 2 aromatic heterocycles. The third kappa shape index (κ3) is 5.56. The van der Waals surface area contributed by atoms with Gasteiger partial charge in [-0.3, -0.25) is 9.67 Å². The van der Waals surface area contributed by atoms with Gasteiger partial charge in [-0.25, -0.2) is 4.79 Å². The van der Waals surface area contributed by atoms with Gasteiger partial charge in [0.1, 0.15) is 0 Å². The van der Waals surface area contributed by atoms with Gasteiger partial charge >= 0.3 is 6.03 Å². The van der Waals surface area contributed by atoms with Crippen molar-refractivity contribution in [1.82, 2.24) is 25.0 Å². The van der Waals surface area contributed by atoms with E-state index in [1.54, 1.807) is 24.4 Å². The molecule has 2 aromatic rings. The number of nitrogens with one attached hydrogen (secondary N) is 1. The maximum Gasteiger partial charge on any atom is 0.317 e. The molecule has 0 unspecified atom stereocenters. The monoisotopic (exact) mass is 345 g/mol. The number of methoxy groups -OCH3 is 1. The first kappa shape index (κ1) is 18.9. The van der Waals surface area contributed by atoms with Crippen LogP contribution >= 0.6 is 0 Å². The molecule has 7 heteroatoms. The molecular formula is C18H27N5O2. The molecule has 0 aliphatic carbocycles. The lowest BCUT2D eigenvalue weighted by atomic mass is 10.2. The first-order chi connectivity index (χ1) is 12.0. The van der Waals surface area contributed by atoms with Gasteiger partial charge in [0.15, 0.2) is 0 Å². The Kier molecular flexibility index (Phi) is 6.94. The smallest absolute Gasteiger partial charge is 0.317 e. The van der Waals surface area contributed by atoms with Crippen molar-refractivity contribution in [3.05, 3.63) is 47.5 Å². The number of ether oxygens (including phenoxy) is 1. The number of urea groups is 1. The highest BCUT2D eigenvalue weighted by Gasteiger charge is 2.16. The van der Waals surface area contributed by atoms with Crippen LogP contribution in [0.5, 0.6) is 0 Å². The van der Waals surface area contributed by atoms with Crippen LogP contribution in [0.3, 0.4) is 0 Å². The van der Waals surface area contributed by atoms with Gasteiger partial charge in [0.2, 0.25) is 0 Å². The second-order valence-corrected chi connectivity index (χ2v) is 6.18. The molecule has 0 aromatic carbocycles. The molecule has 0 saturated heterocycles. The van der Waals surface area contributed by atoms with Crippen molar-refractivity contribution in [2.75, 3.05) is 26.8 Å². The molecular weight excluding hydrogens is 318 g/mol. The molecule has 136 valence electrons. The van der Waals surface area contributed by atoms with E-state index in [1.165, 1.54) is 0 Å². The Labute approximate surface area is 149 Å². The summed E-state index contributed by atoms with van der Waals surface area (Å²) in [6.07, 6.45) is 3.46. The summed E-state index contributed by atoms with van der Waals surface area (Å²) in [5, 5.41) is 7.48. The topological polar surface area (TPSA) is 72.3 Å². The second-order valence-electron chi connectivity index (χ2n) is 6.18. The maximum absolute atomic E-state index is 12.6. The SMILES string of the molecule is COCCN(Cc1ccncc1)C(=O)NC[C@H](C)n1nc(C)cc1C. The zero-order chi connectivity index (χ0) is 18.2. The van der Waals surface area contributed by atoms with Gasteiger partial charge in [0, 0.05) is 44.8 Å². The Bertz CT molecular complexity index is 671. The van der Waals surface area contributed by atoms with E-state index in [0.29, 0.717) is 26.2 Å². The van der Waals surface area contributed by atoms with Gasteiger partial charge in [-0.1, -0.05) is 0 Å². The highest BCUT2D eigenvalue weighted by molar-refractivity contribution is 5.74. The average Bonchev–Trinajstić information content (AvgIpc) is 2.95. The highest BCUT2D eigenvalue weighted by atomic mass is 16.5. The van der Waals surface area contributed by atoms with Crippen LogP contribution in [0.4, 0.5) is 4.79 Å². The molecule has 0 fully saturated rings. The van der Waals surface area contributed by atoms with Crippen LogP contribution in [0.1, 0.15) is 29.9 Å². The molecule has 1 N–H and O–H groups in total. The predicted molar refractivity (Wildman–Crippen MR) is 96.3 cm³/mol. The van der Waals surface area contributed by atoms with Crippen molar-refractivity contribution in [3.63, 3.8) is 0 Å². The Morgan fingerprint density at radius 2 is 2.08 bits per heavy atom. The average molecular weight is 345 g/mol. The molecule has 25 heavy (non-hydrogen) atoms. The number of rotatable bonds is 8. The molecule has 0 spiro atoms. The molecule has 0 aliphatic rings. The van der Waals surface area contributed by atoms with E-state index in [1.807, 2.05) is 43.7 Å². The van der Waals surface area contributed by atoms with E-state index in [2.05, 4.69) is 15.4 Å². The molecule has 0 radical (unpaired) electrons. The van der Waals surface area contributed by atoms with Crippen molar-refractivity contribution < 1.29 is 9.53 Å². The minimum absolute atomic E-state index is 0.0860. The fourth-order valence-corrected chi connectivity index (χ4v) is 2.69. The normalized spacial score (nSPS) is 12.0. The van der Waals surface area contributed by atoms with Crippen LogP contribution < -0.4 is 5.32 Å². The Morgan fingerprint density at radius 1 is 1.36 bits per heavy atom. The second kappa shape index (κ2) is 9.17. The lowest BCUT2D eigenvalue weighted by Crippen LogP contribution is -2.43. The summed E-state index contributed by atoms with van der Waals surface area (Å²) in [6.45, 7) is 8.09. The van der Waals surface area contributed by atoms with Crippen molar-refractivity contribution in [1.29, 1.82) is 0 Å². The number of hydrogen-bond donors (Lipinski definition) is 1. The van der Waals surface area contributed by atoms with Crippen molar-refractivity contribution in [2.45, 2.75) is 33.4 Å². The molecule has 2 rings (SSSR count). The minimum atomic E-state index is -0.109. The van der Waals surface area contributed by atoms with Gasteiger partial charge in [-0.05, 0) is 44.5 Å². The predicted octanol–water partition coefficient (Wildman–Crippen LogP) is 2.31. The lowest BCUT2D eigenvalue weighted by molar-refractivity contribution is 0.146. The largest absolute Gasteiger partial charge is 0.383 e. The summed E-state index contributed by atoms with van der Waals surface area (Å²) in [4.78, 5) is 18.3. The summed E-state index contributed by atoms with van der Waals surface area (Å²) in [7, 11) is 1.63. The number of aryl methyl sites for hydroxylation is 2. The van der Waals surface area contributed by atoms with Crippen LogP contribution in [0.15, 0.2) is 30.6 Å². The molecule has 7 nitrogen and oxygen atoms in total. The van der Waals surface area contributed by atoms with Crippen LogP contribution in [-0.4, -0.2) is 52.5 Å². The zero-order valence-electron chi connectivity index (χ0n) is 15.4. The van der Waals surface area contributed by atoms with Crippen molar-refractivity contribution in [3.8, 4) is 0 Å². The number of carbonyl (C=O) groups excluding carboxylic acids is 1. The third-order valence-corrected chi connectivity index (χ3v) is 3.99. The number of carbonyl (C=O) groups is 1. The Balaban J connectivity index is 1.95.